The van der Waals surface area contributed by atoms with Crippen molar-refractivity contribution >= 4 is 29.3 Å². The van der Waals surface area contributed by atoms with E-state index in [4.69, 9.17) is 21.4 Å². The van der Waals surface area contributed by atoms with Crippen LogP contribution < -0.4 is 10.6 Å². The van der Waals surface area contributed by atoms with Crippen molar-refractivity contribution in [1.29, 1.82) is 0 Å². The molecule has 0 saturated carbocycles. The van der Waals surface area contributed by atoms with E-state index < -0.39 is 12.1 Å². The maximum absolute atomic E-state index is 11.8. The number of ether oxygens (including phenoxy) is 1. The van der Waals surface area contributed by atoms with Crippen LogP contribution in [0, 0.1) is 6.92 Å². The Morgan fingerprint density at radius 1 is 1.43 bits per heavy atom. The normalized spacial score (nSPS) is 21.0. The quantitative estimate of drug-likeness (QED) is 0.796. The molecule has 1 aromatic carbocycles. The minimum atomic E-state index is -0.962. The number of nitrogens with one attached hydrogen (secondary N) is 2. The molecule has 1 aliphatic rings. The van der Waals surface area contributed by atoms with Gasteiger partial charge in [0.25, 0.3) is 0 Å². The van der Waals surface area contributed by atoms with Crippen LogP contribution in [0.3, 0.4) is 0 Å². The molecule has 0 aliphatic carbocycles. The highest BCUT2D eigenvalue weighted by molar-refractivity contribution is 6.31. The van der Waals surface area contributed by atoms with E-state index in [1.54, 1.807) is 12.1 Å². The SMILES string of the molecule is Cc1ccc(Cl)cc1NC(=O)NCC1CCC(C(=O)O)O1. The number of carboxylic acids is 1. The number of rotatable bonds is 4. The topological polar surface area (TPSA) is 87.7 Å². The minimum absolute atomic E-state index is 0.266. The lowest BCUT2D eigenvalue weighted by Crippen LogP contribution is -2.36. The number of anilines is 1. The molecule has 7 heteroatoms. The van der Waals surface area contributed by atoms with Gasteiger partial charge in [0.1, 0.15) is 0 Å². The number of halogens is 1. The molecule has 2 amide bonds. The molecule has 1 aliphatic heterocycles. The summed E-state index contributed by atoms with van der Waals surface area (Å²) in [7, 11) is 0. The van der Waals surface area contributed by atoms with Crippen molar-refractivity contribution in [3.63, 3.8) is 0 Å². The molecule has 6 nitrogen and oxygen atoms in total. The molecule has 1 saturated heterocycles. The van der Waals surface area contributed by atoms with Gasteiger partial charge in [0.05, 0.1) is 6.10 Å². The lowest BCUT2D eigenvalue weighted by molar-refractivity contribution is -0.149. The maximum Gasteiger partial charge on any atom is 0.332 e. The number of carbonyl (C=O) groups is 2. The Balaban J connectivity index is 1.80. The molecule has 0 bridgehead atoms. The molecule has 2 unspecified atom stereocenters. The molecular weight excluding hydrogens is 296 g/mol. The second-order valence-electron chi connectivity index (χ2n) is 4.96. The standard InChI is InChI=1S/C14H17ClN2O4/c1-8-2-3-9(15)6-11(8)17-14(20)16-7-10-4-5-12(21-10)13(18)19/h2-3,6,10,12H,4-5,7H2,1H3,(H,18,19)(H2,16,17,20). The van der Waals surface area contributed by atoms with Crippen molar-refractivity contribution in [2.75, 3.05) is 11.9 Å². The van der Waals surface area contributed by atoms with Crippen molar-refractivity contribution in [3.8, 4) is 0 Å². The number of urea groups is 1. The summed E-state index contributed by atoms with van der Waals surface area (Å²) in [6, 6.07) is 4.86. The van der Waals surface area contributed by atoms with Crippen LogP contribution >= 0.6 is 11.6 Å². The van der Waals surface area contributed by atoms with E-state index in [2.05, 4.69) is 10.6 Å². The summed E-state index contributed by atoms with van der Waals surface area (Å²) in [5.74, 6) is -0.962. The number of amides is 2. The molecule has 0 radical (unpaired) electrons. The summed E-state index contributed by atoms with van der Waals surface area (Å²) in [6.07, 6.45) is 0.0526. The summed E-state index contributed by atoms with van der Waals surface area (Å²) < 4.78 is 5.30. The fourth-order valence-electron chi connectivity index (χ4n) is 2.14. The first kappa shape index (κ1) is 15.6. The number of carbonyl (C=O) groups excluding carboxylic acids is 1. The molecule has 3 N–H and O–H groups in total. The van der Waals surface area contributed by atoms with Gasteiger partial charge in [-0.15, -0.1) is 0 Å². The van der Waals surface area contributed by atoms with Gasteiger partial charge in [0, 0.05) is 17.3 Å². The lowest BCUT2D eigenvalue weighted by Gasteiger charge is -2.14. The van der Waals surface area contributed by atoms with E-state index in [1.165, 1.54) is 0 Å². The molecule has 114 valence electrons. The predicted molar refractivity (Wildman–Crippen MR) is 78.7 cm³/mol. The number of carboxylic acid groups (broad SMARTS) is 1. The van der Waals surface area contributed by atoms with Gasteiger partial charge in [-0.3, -0.25) is 0 Å². The number of benzene rings is 1. The Kier molecular flexibility index (Phi) is 5.03. The molecule has 21 heavy (non-hydrogen) atoms. The van der Waals surface area contributed by atoms with Gasteiger partial charge in [-0.2, -0.15) is 0 Å². The van der Waals surface area contributed by atoms with E-state index in [1.807, 2.05) is 13.0 Å². The molecular formula is C14H17ClN2O4. The Bertz CT molecular complexity index is 550. The molecule has 2 rings (SSSR count). The van der Waals surface area contributed by atoms with Crippen molar-refractivity contribution in [2.24, 2.45) is 0 Å². The van der Waals surface area contributed by atoms with E-state index in [0.717, 1.165) is 5.56 Å². The van der Waals surface area contributed by atoms with Crippen LogP contribution in [0.1, 0.15) is 18.4 Å². The first-order valence-corrected chi connectivity index (χ1v) is 7.03. The van der Waals surface area contributed by atoms with Crippen molar-refractivity contribution in [3.05, 3.63) is 28.8 Å². The maximum atomic E-state index is 11.8. The average molecular weight is 313 g/mol. The van der Waals surface area contributed by atoms with Gasteiger partial charge >= 0.3 is 12.0 Å². The summed E-state index contributed by atoms with van der Waals surface area (Å²) in [4.78, 5) is 22.6. The third kappa shape index (κ3) is 4.34. The smallest absolute Gasteiger partial charge is 0.332 e. The van der Waals surface area contributed by atoms with Gasteiger partial charge in [0.15, 0.2) is 6.10 Å². The summed E-state index contributed by atoms with van der Waals surface area (Å²) in [5.41, 5.74) is 1.54. The van der Waals surface area contributed by atoms with Crippen LogP contribution in [0.5, 0.6) is 0 Å². The molecule has 1 fully saturated rings. The summed E-state index contributed by atoms with van der Waals surface area (Å²) in [6.45, 7) is 2.14. The Morgan fingerprint density at radius 3 is 2.86 bits per heavy atom. The number of aliphatic carboxylic acids is 1. The predicted octanol–water partition coefficient (Wildman–Crippen LogP) is 2.40. The first-order chi connectivity index (χ1) is 9.95. The third-order valence-corrected chi connectivity index (χ3v) is 3.56. The van der Waals surface area contributed by atoms with Crippen molar-refractivity contribution in [1.82, 2.24) is 5.32 Å². The molecule has 2 atom stereocenters. The van der Waals surface area contributed by atoms with Gasteiger partial charge in [0.2, 0.25) is 0 Å². The van der Waals surface area contributed by atoms with Crippen LogP contribution in [0.4, 0.5) is 10.5 Å². The molecule has 0 spiro atoms. The number of aryl methyl sites for hydroxylation is 1. The highest BCUT2D eigenvalue weighted by Gasteiger charge is 2.30. The van der Waals surface area contributed by atoms with Gasteiger partial charge in [-0.1, -0.05) is 17.7 Å². The Labute approximate surface area is 127 Å². The Morgan fingerprint density at radius 2 is 2.19 bits per heavy atom. The minimum Gasteiger partial charge on any atom is -0.479 e. The number of hydrogen-bond acceptors (Lipinski definition) is 3. The second kappa shape index (κ2) is 6.78. The van der Waals surface area contributed by atoms with Gasteiger partial charge in [-0.05, 0) is 37.5 Å². The van der Waals surface area contributed by atoms with Crippen LogP contribution in [-0.4, -0.2) is 35.9 Å². The van der Waals surface area contributed by atoms with Crippen molar-refractivity contribution in [2.45, 2.75) is 32.0 Å². The summed E-state index contributed by atoms with van der Waals surface area (Å²) >= 11 is 5.88. The van der Waals surface area contributed by atoms with Crippen molar-refractivity contribution < 1.29 is 19.4 Å². The van der Waals surface area contributed by atoms with Crippen LogP contribution in [0.2, 0.25) is 5.02 Å². The largest absolute Gasteiger partial charge is 0.479 e. The van der Waals surface area contributed by atoms with E-state index >= 15 is 0 Å². The fourth-order valence-corrected chi connectivity index (χ4v) is 2.31. The molecule has 1 aromatic rings. The first-order valence-electron chi connectivity index (χ1n) is 6.65. The monoisotopic (exact) mass is 312 g/mol. The van der Waals surface area contributed by atoms with Gasteiger partial charge < -0.3 is 20.5 Å². The van der Waals surface area contributed by atoms with E-state index in [9.17, 15) is 9.59 Å². The third-order valence-electron chi connectivity index (χ3n) is 3.32. The average Bonchev–Trinajstić information content (AvgIpc) is 2.90. The second-order valence-corrected chi connectivity index (χ2v) is 5.39. The van der Waals surface area contributed by atoms with Crippen LogP contribution in [0.15, 0.2) is 18.2 Å². The summed E-state index contributed by atoms with van der Waals surface area (Å²) in [5, 5.41) is 14.7. The van der Waals surface area contributed by atoms with E-state index in [-0.39, 0.29) is 18.7 Å². The lowest BCUT2D eigenvalue weighted by atomic mass is 10.2. The Hall–Kier alpha value is -1.79. The van der Waals surface area contributed by atoms with Crippen LogP contribution in [-0.2, 0) is 9.53 Å². The van der Waals surface area contributed by atoms with Gasteiger partial charge in [-0.25, -0.2) is 9.59 Å². The molecule has 1 heterocycles. The number of hydrogen-bond donors (Lipinski definition) is 3. The highest BCUT2D eigenvalue weighted by atomic mass is 35.5. The highest BCUT2D eigenvalue weighted by Crippen LogP contribution is 2.21. The molecule has 0 aromatic heterocycles. The zero-order chi connectivity index (χ0) is 15.4. The zero-order valence-electron chi connectivity index (χ0n) is 11.6. The fraction of sp³-hybridized carbons (Fsp3) is 0.429. The van der Waals surface area contributed by atoms with E-state index in [0.29, 0.717) is 23.6 Å². The zero-order valence-corrected chi connectivity index (χ0v) is 12.3. The van der Waals surface area contributed by atoms with Crippen LogP contribution in [0.25, 0.3) is 0 Å².